The van der Waals surface area contributed by atoms with Crippen molar-refractivity contribution in [3.8, 4) is 0 Å². The van der Waals surface area contributed by atoms with E-state index in [0.29, 0.717) is 6.04 Å². The van der Waals surface area contributed by atoms with E-state index < -0.39 is 0 Å². The molecule has 1 amide bonds. The Bertz CT molecular complexity index is 460. The van der Waals surface area contributed by atoms with E-state index >= 15 is 0 Å². The van der Waals surface area contributed by atoms with Crippen LogP contribution in [-0.4, -0.2) is 45.1 Å². The lowest BCUT2D eigenvalue weighted by Gasteiger charge is -2.32. The average Bonchev–Trinajstić information content (AvgIpc) is 2.94. The Morgan fingerprint density at radius 3 is 2.67 bits per heavy atom. The molecule has 0 N–H and O–H groups in total. The third kappa shape index (κ3) is 4.86. The van der Waals surface area contributed by atoms with Crippen molar-refractivity contribution in [2.75, 3.05) is 12.8 Å². The van der Waals surface area contributed by atoms with E-state index in [4.69, 9.17) is 0 Å². The van der Waals surface area contributed by atoms with E-state index in [1.165, 1.54) is 31.0 Å². The number of carbonyl (C=O) groups excluding carboxylic acids is 1. The van der Waals surface area contributed by atoms with Gasteiger partial charge in [0.25, 0.3) is 0 Å². The molecule has 1 atom stereocenters. The molecule has 21 heavy (non-hydrogen) atoms. The summed E-state index contributed by atoms with van der Waals surface area (Å²) < 4.78 is 1.88. The van der Waals surface area contributed by atoms with E-state index in [1.54, 1.807) is 23.1 Å². The van der Waals surface area contributed by atoms with Crippen LogP contribution in [0.25, 0.3) is 0 Å². The lowest BCUT2D eigenvalue weighted by molar-refractivity contribution is -0.131. The van der Waals surface area contributed by atoms with E-state index in [-0.39, 0.29) is 11.2 Å². The first-order valence-electron chi connectivity index (χ1n) is 7.51. The summed E-state index contributed by atoms with van der Waals surface area (Å²) >= 11 is 4.81. The summed E-state index contributed by atoms with van der Waals surface area (Å²) in [6, 6.07) is 0.426. The van der Waals surface area contributed by atoms with Crippen LogP contribution in [0.3, 0.4) is 0 Å². The molecule has 1 saturated carbocycles. The van der Waals surface area contributed by atoms with Crippen LogP contribution in [0.2, 0.25) is 0 Å². The van der Waals surface area contributed by atoms with E-state index in [9.17, 15) is 4.79 Å². The van der Waals surface area contributed by atoms with E-state index in [2.05, 4.69) is 17.1 Å². The van der Waals surface area contributed by atoms with Crippen LogP contribution in [0.1, 0.15) is 46.0 Å². The largest absolute Gasteiger partial charge is 0.342 e. The fraction of sp³-hybridized carbons (Fsp3) is 0.786. The molecule has 118 valence electrons. The Morgan fingerprint density at radius 2 is 2.00 bits per heavy atom. The Balaban J connectivity index is 1.88. The molecule has 1 fully saturated rings. The van der Waals surface area contributed by atoms with Crippen LogP contribution in [0, 0.1) is 0 Å². The van der Waals surface area contributed by atoms with Crippen molar-refractivity contribution in [2.24, 2.45) is 0 Å². The number of amides is 1. The van der Waals surface area contributed by atoms with Gasteiger partial charge in [0.2, 0.25) is 5.91 Å². The monoisotopic (exact) mass is 345 g/mol. The average molecular weight is 346 g/mol. The van der Waals surface area contributed by atoms with Gasteiger partial charge in [-0.2, -0.15) is 0 Å². The highest BCUT2D eigenvalue weighted by Crippen LogP contribution is 2.32. The van der Waals surface area contributed by atoms with Crippen LogP contribution in [-0.2, 0) is 4.79 Å². The maximum absolute atomic E-state index is 12.5. The van der Waals surface area contributed by atoms with Crippen molar-refractivity contribution in [3.05, 3.63) is 0 Å². The van der Waals surface area contributed by atoms with Crippen LogP contribution < -0.4 is 0 Å². The smallest absolute Gasteiger partial charge is 0.235 e. The summed E-state index contributed by atoms with van der Waals surface area (Å²) in [5.41, 5.74) is 0. The molecule has 0 aromatic carbocycles. The van der Waals surface area contributed by atoms with Crippen molar-refractivity contribution in [1.29, 1.82) is 0 Å². The predicted molar refractivity (Wildman–Crippen MR) is 91.3 cm³/mol. The molecule has 0 spiro atoms. The quantitative estimate of drug-likeness (QED) is 0.731. The molecular formula is C14H23N3OS3. The molecule has 4 nitrogen and oxygen atoms in total. The molecule has 1 aliphatic rings. The molecular weight excluding hydrogens is 322 g/mol. The molecule has 0 saturated heterocycles. The second kappa shape index (κ2) is 8.39. The molecule has 1 heterocycles. The summed E-state index contributed by atoms with van der Waals surface area (Å²) in [4.78, 5) is 14.5. The van der Waals surface area contributed by atoms with Gasteiger partial charge in [-0.3, -0.25) is 4.79 Å². The van der Waals surface area contributed by atoms with Gasteiger partial charge in [-0.1, -0.05) is 61.0 Å². The van der Waals surface area contributed by atoms with Gasteiger partial charge in [0.15, 0.2) is 8.68 Å². The van der Waals surface area contributed by atoms with E-state index in [0.717, 1.165) is 27.3 Å². The minimum Gasteiger partial charge on any atom is -0.342 e. The standard InChI is InChI=1S/C14H23N3OS3/c1-4-19-13-15-16-14(21-13)20-10(2)12(18)17(3)11-8-6-5-7-9-11/h10-11H,4-9H2,1-3H3. The summed E-state index contributed by atoms with van der Waals surface area (Å²) in [5.74, 6) is 1.21. The number of aromatic nitrogens is 2. The molecule has 0 bridgehead atoms. The molecule has 1 aromatic heterocycles. The van der Waals surface area contributed by atoms with Crippen molar-refractivity contribution in [2.45, 2.75) is 65.9 Å². The number of carbonyl (C=O) groups is 1. The third-order valence-electron chi connectivity index (χ3n) is 3.75. The lowest BCUT2D eigenvalue weighted by atomic mass is 9.94. The second-order valence-electron chi connectivity index (χ2n) is 5.27. The zero-order chi connectivity index (χ0) is 15.2. The molecule has 0 aliphatic heterocycles. The summed E-state index contributed by atoms with van der Waals surface area (Å²) in [6.07, 6.45) is 6.10. The van der Waals surface area contributed by atoms with Gasteiger partial charge in [0, 0.05) is 13.1 Å². The lowest BCUT2D eigenvalue weighted by Crippen LogP contribution is -2.42. The van der Waals surface area contributed by atoms with Gasteiger partial charge in [-0.15, -0.1) is 10.2 Å². The Kier molecular flexibility index (Phi) is 6.82. The number of hydrogen-bond acceptors (Lipinski definition) is 6. The van der Waals surface area contributed by atoms with Crippen molar-refractivity contribution < 1.29 is 4.79 Å². The maximum atomic E-state index is 12.5. The van der Waals surface area contributed by atoms with Crippen LogP contribution in [0.15, 0.2) is 8.68 Å². The first kappa shape index (κ1) is 17.1. The highest BCUT2D eigenvalue weighted by molar-refractivity contribution is 8.03. The highest BCUT2D eigenvalue weighted by atomic mass is 32.2. The number of thioether (sulfide) groups is 2. The third-order valence-corrected chi connectivity index (χ3v) is 6.86. The number of rotatable bonds is 6. The van der Waals surface area contributed by atoms with Crippen LogP contribution in [0.4, 0.5) is 0 Å². The Morgan fingerprint density at radius 1 is 1.33 bits per heavy atom. The molecule has 0 radical (unpaired) electrons. The van der Waals surface area contributed by atoms with Gasteiger partial charge >= 0.3 is 0 Å². The van der Waals surface area contributed by atoms with Crippen LogP contribution >= 0.6 is 34.9 Å². The second-order valence-corrected chi connectivity index (χ2v) is 9.34. The number of nitrogens with zero attached hydrogens (tertiary/aromatic N) is 3. The minimum atomic E-state index is -0.0932. The summed E-state index contributed by atoms with van der Waals surface area (Å²) in [5, 5.41) is 8.21. The number of hydrogen-bond donors (Lipinski definition) is 0. The van der Waals surface area contributed by atoms with Gasteiger partial charge in [-0.25, -0.2) is 0 Å². The molecule has 1 aromatic rings. The Hall–Kier alpha value is -0.270. The summed E-state index contributed by atoms with van der Waals surface area (Å²) in [7, 11) is 1.95. The molecule has 1 aliphatic carbocycles. The first-order valence-corrected chi connectivity index (χ1v) is 10.2. The molecule has 7 heteroatoms. The van der Waals surface area contributed by atoms with Crippen molar-refractivity contribution in [1.82, 2.24) is 15.1 Å². The zero-order valence-electron chi connectivity index (χ0n) is 12.9. The predicted octanol–water partition coefficient (Wildman–Crippen LogP) is 3.92. The summed E-state index contributed by atoms with van der Waals surface area (Å²) in [6.45, 7) is 4.07. The van der Waals surface area contributed by atoms with Crippen molar-refractivity contribution >= 4 is 40.8 Å². The Labute approximate surface area is 139 Å². The zero-order valence-corrected chi connectivity index (χ0v) is 15.3. The topological polar surface area (TPSA) is 46.1 Å². The van der Waals surface area contributed by atoms with Gasteiger partial charge in [0.05, 0.1) is 5.25 Å². The fourth-order valence-corrected chi connectivity index (χ4v) is 5.73. The first-order chi connectivity index (χ1) is 10.1. The highest BCUT2D eigenvalue weighted by Gasteiger charge is 2.26. The molecule has 2 rings (SSSR count). The normalized spacial score (nSPS) is 17.7. The van der Waals surface area contributed by atoms with Gasteiger partial charge in [0.1, 0.15) is 0 Å². The van der Waals surface area contributed by atoms with Crippen molar-refractivity contribution in [3.63, 3.8) is 0 Å². The molecule has 1 unspecified atom stereocenters. The van der Waals surface area contributed by atoms with Gasteiger partial charge < -0.3 is 4.90 Å². The van der Waals surface area contributed by atoms with E-state index in [1.807, 2.05) is 18.9 Å². The van der Waals surface area contributed by atoms with Gasteiger partial charge in [-0.05, 0) is 25.5 Å². The maximum Gasteiger partial charge on any atom is 0.235 e. The fourth-order valence-electron chi connectivity index (χ4n) is 2.56. The minimum absolute atomic E-state index is 0.0932. The van der Waals surface area contributed by atoms with Crippen LogP contribution in [0.5, 0.6) is 0 Å². The SMILES string of the molecule is CCSc1nnc(SC(C)C(=O)N(C)C2CCCCC2)s1.